The zero-order chi connectivity index (χ0) is 21.5. The van der Waals surface area contributed by atoms with E-state index in [1.54, 1.807) is 29.7 Å². The highest BCUT2D eigenvalue weighted by Crippen LogP contribution is 2.22. The summed E-state index contributed by atoms with van der Waals surface area (Å²) in [4.78, 5) is 40.6. The van der Waals surface area contributed by atoms with Gasteiger partial charge in [0.25, 0.3) is 0 Å². The minimum atomic E-state index is -0.402. The zero-order valence-electron chi connectivity index (χ0n) is 16.9. The molecule has 30 heavy (non-hydrogen) atoms. The van der Waals surface area contributed by atoms with Gasteiger partial charge >= 0.3 is 5.97 Å². The van der Waals surface area contributed by atoms with E-state index < -0.39 is 5.97 Å². The third-order valence-corrected chi connectivity index (χ3v) is 5.33. The predicted octanol–water partition coefficient (Wildman–Crippen LogP) is 3.28. The molecule has 1 heterocycles. The van der Waals surface area contributed by atoms with E-state index >= 15 is 0 Å². The fourth-order valence-electron chi connectivity index (χ4n) is 2.99. The molecule has 0 atom stereocenters. The van der Waals surface area contributed by atoms with Gasteiger partial charge in [-0.3, -0.25) is 14.4 Å². The van der Waals surface area contributed by atoms with Crippen LogP contribution in [0, 0.1) is 0 Å². The van der Waals surface area contributed by atoms with Crippen LogP contribution in [0.15, 0.2) is 53.5 Å². The number of aryl methyl sites for hydroxylation is 1. The highest BCUT2D eigenvalue weighted by atomic mass is 32.1. The van der Waals surface area contributed by atoms with Crippen LogP contribution in [0.2, 0.25) is 0 Å². The van der Waals surface area contributed by atoms with Crippen LogP contribution in [-0.2, 0) is 32.1 Å². The molecule has 2 amide bonds. The number of amides is 2. The second-order valence-corrected chi connectivity index (χ2v) is 7.64. The summed E-state index contributed by atoms with van der Waals surface area (Å²) in [5, 5.41) is 2.74. The summed E-state index contributed by atoms with van der Waals surface area (Å²) in [7, 11) is 0. The number of aromatic nitrogens is 1. The van der Waals surface area contributed by atoms with Crippen LogP contribution in [0.3, 0.4) is 0 Å². The van der Waals surface area contributed by atoms with Gasteiger partial charge in [-0.05, 0) is 37.1 Å². The lowest BCUT2D eigenvalue weighted by Crippen LogP contribution is -2.23. The molecule has 3 rings (SSSR count). The molecule has 0 aliphatic heterocycles. The van der Waals surface area contributed by atoms with Crippen LogP contribution in [0.4, 0.5) is 5.69 Å². The average Bonchev–Trinajstić information content (AvgIpc) is 3.03. The summed E-state index contributed by atoms with van der Waals surface area (Å²) in [6.07, 6.45) is 0.868. The lowest BCUT2D eigenvalue weighted by Gasteiger charge is -2.06. The number of ether oxygens (including phenoxy) is 1. The summed E-state index contributed by atoms with van der Waals surface area (Å²) in [5.41, 5.74) is 2.45. The highest BCUT2D eigenvalue weighted by Gasteiger charge is 2.13. The van der Waals surface area contributed by atoms with E-state index in [9.17, 15) is 14.4 Å². The van der Waals surface area contributed by atoms with Gasteiger partial charge in [0.15, 0.2) is 4.80 Å². The van der Waals surface area contributed by atoms with Crippen molar-refractivity contribution in [2.24, 2.45) is 4.99 Å². The molecule has 0 aliphatic rings. The molecule has 1 aromatic heterocycles. The molecule has 2 aromatic carbocycles. The number of rotatable bonds is 7. The first kappa shape index (κ1) is 21.4. The van der Waals surface area contributed by atoms with Gasteiger partial charge in [-0.15, -0.1) is 0 Å². The number of carbonyl (C=O) groups excluding carboxylic acids is 3. The maximum Gasteiger partial charge on any atom is 0.326 e. The minimum absolute atomic E-state index is 0.0435. The van der Waals surface area contributed by atoms with Crippen molar-refractivity contribution in [3.05, 3.63) is 58.9 Å². The number of benzene rings is 2. The predicted molar refractivity (Wildman–Crippen MR) is 116 cm³/mol. The monoisotopic (exact) mass is 425 g/mol. The third-order valence-electron chi connectivity index (χ3n) is 4.29. The number of fused-ring (bicyclic) bond motifs is 1. The largest absolute Gasteiger partial charge is 0.465 e. The van der Waals surface area contributed by atoms with E-state index in [-0.39, 0.29) is 31.4 Å². The Morgan fingerprint density at radius 1 is 1.13 bits per heavy atom. The molecule has 7 nitrogen and oxygen atoms in total. The number of hydrogen-bond acceptors (Lipinski definition) is 5. The van der Waals surface area contributed by atoms with E-state index in [4.69, 9.17) is 4.74 Å². The van der Waals surface area contributed by atoms with Crippen molar-refractivity contribution in [1.29, 1.82) is 0 Å². The molecule has 3 aromatic rings. The van der Waals surface area contributed by atoms with Crippen LogP contribution >= 0.6 is 11.3 Å². The zero-order valence-corrected chi connectivity index (χ0v) is 17.7. The van der Waals surface area contributed by atoms with Gasteiger partial charge in [-0.25, -0.2) is 0 Å². The van der Waals surface area contributed by atoms with Gasteiger partial charge in [0.1, 0.15) is 6.54 Å². The van der Waals surface area contributed by atoms with Crippen molar-refractivity contribution in [3.63, 3.8) is 0 Å². The molecule has 0 aliphatic carbocycles. The fraction of sp³-hybridized carbons (Fsp3) is 0.273. The Bertz CT molecular complexity index is 1130. The van der Waals surface area contributed by atoms with Crippen molar-refractivity contribution >= 4 is 45.0 Å². The van der Waals surface area contributed by atoms with Crippen molar-refractivity contribution in [1.82, 2.24) is 4.57 Å². The Labute approximate surface area is 178 Å². The standard InChI is InChI=1S/C22H23N3O4S/c1-3-29-21(28)14-25-18-11-10-17(23-15(2)26)13-19(18)30-22(25)24-20(27)12-9-16-7-5-4-6-8-16/h4-8,10-11,13H,3,9,12,14H2,1-2H3,(H,23,26). The second-order valence-electron chi connectivity index (χ2n) is 6.63. The molecule has 0 spiro atoms. The topological polar surface area (TPSA) is 89.8 Å². The van der Waals surface area contributed by atoms with Gasteiger partial charge in [-0.1, -0.05) is 41.7 Å². The fourth-order valence-corrected chi connectivity index (χ4v) is 4.07. The maximum atomic E-state index is 12.5. The van der Waals surface area contributed by atoms with Gasteiger partial charge in [0.2, 0.25) is 11.8 Å². The van der Waals surface area contributed by atoms with Crippen molar-refractivity contribution in [2.75, 3.05) is 11.9 Å². The Morgan fingerprint density at radius 3 is 2.60 bits per heavy atom. The van der Waals surface area contributed by atoms with Crippen LogP contribution in [0.25, 0.3) is 10.2 Å². The van der Waals surface area contributed by atoms with Crippen LogP contribution in [-0.4, -0.2) is 29.0 Å². The molecule has 156 valence electrons. The van der Waals surface area contributed by atoms with E-state index in [0.717, 1.165) is 15.8 Å². The van der Waals surface area contributed by atoms with Crippen molar-refractivity contribution in [2.45, 2.75) is 33.2 Å². The van der Waals surface area contributed by atoms with E-state index in [1.165, 1.54) is 18.3 Å². The molecular weight excluding hydrogens is 402 g/mol. The van der Waals surface area contributed by atoms with E-state index in [2.05, 4.69) is 10.3 Å². The molecule has 0 saturated heterocycles. The second kappa shape index (κ2) is 9.98. The van der Waals surface area contributed by atoms with E-state index in [0.29, 0.717) is 16.9 Å². The summed E-state index contributed by atoms with van der Waals surface area (Å²) in [6.45, 7) is 3.41. The normalized spacial score (nSPS) is 11.5. The molecule has 8 heteroatoms. The Kier molecular flexibility index (Phi) is 7.13. The Morgan fingerprint density at radius 2 is 1.90 bits per heavy atom. The molecular formula is C22H23N3O4S. The Hall–Kier alpha value is -3.26. The lowest BCUT2D eigenvalue weighted by molar-refractivity contribution is -0.143. The number of nitrogens with zero attached hydrogens (tertiary/aromatic N) is 2. The van der Waals surface area contributed by atoms with Crippen molar-refractivity contribution in [3.8, 4) is 0 Å². The van der Waals surface area contributed by atoms with Gasteiger partial charge < -0.3 is 14.6 Å². The molecule has 0 fully saturated rings. The van der Waals surface area contributed by atoms with Crippen LogP contribution in [0.5, 0.6) is 0 Å². The highest BCUT2D eigenvalue weighted by molar-refractivity contribution is 7.16. The first-order valence-corrected chi connectivity index (χ1v) is 10.5. The third kappa shape index (κ3) is 5.64. The number of thiazole rings is 1. The first-order valence-electron chi connectivity index (χ1n) is 9.64. The van der Waals surface area contributed by atoms with Gasteiger partial charge in [-0.2, -0.15) is 4.99 Å². The van der Waals surface area contributed by atoms with Crippen LogP contribution < -0.4 is 10.1 Å². The number of carbonyl (C=O) groups is 3. The van der Waals surface area contributed by atoms with Crippen molar-refractivity contribution < 1.29 is 19.1 Å². The molecule has 0 saturated carbocycles. The molecule has 0 radical (unpaired) electrons. The number of hydrogen-bond donors (Lipinski definition) is 1. The van der Waals surface area contributed by atoms with E-state index in [1.807, 2.05) is 30.3 Å². The number of esters is 1. The number of nitrogens with one attached hydrogen (secondary N) is 1. The van der Waals surface area contributed by atoms with Gasteiger partial charge in [0.05, 0.1) is 16.8 Å². The molecule has 1 N–H and O–H groups in total. The Balaban J connectivity index is 1.93. The number of anilines is 1. The quantitative estimate of drug-likeness (QED) is 0.588. The summed E-state index contributed by atoms with van der Waals surface area (Å²) in [6, 6.07) is 15.1. The maximum absolute atomic E-state index is 12.5. The smallest absolute Gasteiger partial charge is 0.326 e. The summed E-state index contributed by atoms with van der Waals surface area (Å²) < 4.78 is 7.55. The van der Waals surface area contributed by atoms with Gasteiger partial charge in [0, 0.05) is 19.0 Å². The first-order chi connectivity index (χ1) is 14.5. The minimum Gasteiger partial charge on any atom is -0.465 e. The molecule has 0 bridgehead atoms. The molecule has 0 unspecified atom stereocenters. The van der Waals surface area contributed by atoms with Crippen LogP contribution in [0.1, 0.15) is 25.8 Å². The lowest BCUT2D eigenvalue weighted by atomic mass is 10.1. The average molecular weight is 426 g/mol. The summed E-state index contributed by atoms with van der Waals surface area (Å²) >= 11 is 1.29. The summed E-state index contributed by atoms with van der Waals surface area (Å²) in [5.74, 6) is -0.835. The SMILES string of the molecule is CCOC(=O)Cn1c(=NC(=O)CCc2ccccc2)sc2cc(NC(C)=O)ccc21.